The largest absolute Gasteiger partial charge is 0.350 e. The molecule has 2 aliphatic carbocycles. The minimum absolute atomic E-state index is 0.000204. The van der Waals surface area contributed by atoms with Gasteiger partial charge in [0.2, 0.25) is 5.91 Å². The Morgan fingerprint density at radius 2 is 1.94 bits per heavy atom. The molecule has 0 aromatic heterocycles. The molecule has 1 aromatic rings. The monoisotopic (exact) mass is 244 g/mol. The van der Waals surface area contributed by atoms with Gasteiger partial charge in [-0.3, -0.25) is 4.79 Å². The number of hydrogen-bond donors (Lipinski definition) is 2. The van der Waals surface area contributed by atoms with E-state index in [2.05, 4.69) is 23.5 Å². The molecule has 1 fully saturated rings. The fourth-order valence-corrected chi connectivity index (χ4v) is 2.62. The first kappa shape index (κ1) is 11.7. The van der Waals surface area contributed by atoms with Crippen LogP contribution in [-0.4, -0.2) is 11.4 Å². The zero-order chi connectivity index (χ0) is 12.6. The molecule has 18 heavy (non-hydrogen) atoms. The molecule has 96 valence electrons. The van der Waals surface area contributed by atoms with Crippen LogP contribution in [0.25, 0.3) is 0 Å². The number of amides is 1. The van der Waals surface area contributed by atoms with Gasteiger partial charge in [0, 0.05) is 6.54 Å². The summed E-state index contributed by atoms with van der Waals surface area (Å²) >= 11 is 0. The normalized spacial score (nSPS) is 20.1. The summed E-state index contributed by atoms with van der Waals surface area (Å²) in [5, 5.41) is 2.94. The highest BCUT2D eigenvalue weighted by Crippen LogP contribution is 2.32. The van der Waals surface area contributed by atoms with E-state index in [4.69, 9.17) is 5.73 Å². The number of hydrogen-bond acceptors (Lipinski definition) is 2. The summed E-state index contributed by atoms with van der Waals surface area (Å²) in [4.78, 5) is 11.8. The van der Waals surface area contributed by atoms with Crippen LogP contribution in [0.4, 0.5) is 0 Å². The zero-order valence-corrected chi connectivity index (χ0v) is 10.7. The lowest BCUT2D eigenvalue weighted by Crippen LogP contribution is -2.42. The maximum Gasteiger partial charge on any atom is 0.240 e. The van der Waals surface area contributed by atoms with Crippen molar-refractivity contribution in [2.24, 2.45) is 5.73 Å². The third-order valence-electron chi connectivity index (χ3n) is 4.11. The van der Waals surface area contributed by atoms with E-state index in [1.807, 2.05) is 0 Å². The first-order chi connectivity index (χ1) is 8.67. The molecule has 0 atom stereocenters. The van der Waals surface area contributed by atoms with E-state index >= 15 is 0 Å². The lowest BCUT2D eigenvalue weighted by molar-refractivity contribution is -0.123. The minimum Gasteiger partial charge on any atom is -0.350 e. The Labute approximate surface area is 108 Å². The summed E-state index contributed by atoms with van der Waals surface area (Å²) in [7, 11) is 0. The zero-order valence-electron chi connectivity index (χ0n) is 10.7. The Morgan fingerprint density at radius 3 is 2.67 bits per heavy atom. The molecule has 1 amide bonds. The molecule has 0 heterocycles. The summed E-state index contributed by atoms with van der Waals surface area (Å²) in [6, 6.07) is 6.58. The predicted octanol–water partition coefficient (Wildman–Crippen LogP) is 1.67. The minimum atomic E-state index is -0.561. The lowest BCUT2D eigenvalue weighted by atomic mass is 9.90. The van der Waals surface area contributed by atoms with E-state index in [0.29, 0.717) is 6.54 Å². The Balaban J connectivity index is 1.64. The first-order valence-electron chi connectivity index (χ1n) is 6.85. The van der Waals surface area contributed by atoms with Gasteiger partial charge in [0.1, 0.15) is 0 Å². The molecule has 3 nitrogen and oxygen atoms in total. The van der Waals surface area contributed by atoms with E-state index in [9.17, 15) is 4.79 Å². The fourth-order valence-electron chi connectivity index (χ4n) is 2.62. The van der Waals surface area contributed by atoms with Crippen LogP contribution < -0.4 is 11.1 Å². The maximum atomic E-state index is 11.8. The average Bonchev–Trinajstić information content (AvgIpc) is 3.15. The van der Waals surface area contributed by atoms with Crippen molar-refractivity contribution in [3.05, 3.63) is 34.9 Å². The lowest BCUT2D eigenvalue weighted by Gasteiger charge is -2.17. The highest BCUT2D eigenvalue weighted by atomic mass is 16.2. The smallest absolute Gasteiger partial charge is 0.240 e. The van der Waals surface area contributed by atoms with Crippen molar-refractivity contribution in [2.75, 3.05) is 0 Å². The van der Waals surface area contributed by atoms with Gasteiger partial charge < -0.3 is 11.1 Å². The second kappa shape index (κ2) is 4.39. The summed E-state index contributed by atoms with van der Waals surface area (Å²) < 4.78 is 0. The molecule has 0 spiro atoms. The molecule has 0 unspecified atom stereocenters. The molecule has 1 aromatic carbocycles. The van der Waals surface area contributed by atoms with Crippen LogP contribution in [0, 0.1) is 0 Å². The van der Waals surface area contributed by atoms with E-state index in [1.54, 1.807) is 0 Å². The molecule has 3 N–H and O–H groups in total. The fraction of sp³-hybridized carbons (Fsp3) is 0.533. The molecule has 1 saturated carbocycles. The molecule has 0 bridgehead atoms. The van der Waals surface area contributed by atoms with Gasteiger partial charge in [0.15, 0.2) is 0 Å². The van der Waals surface area contributed by atoms with Crippen LogP contribution in [0.15, 0.2) is 18.2 Å². The Morgan fingerprint density at radius 1 is 1.22 bits per heavy atom. The van der Waals surface area contributed by atoms with Crippen LogP contribution in [0.3, 0.4) is 0 Å². The van der Waals surface area contributed by atoms with E-state index in [-0.39, 0.29) is 5.91 Å². The second-order valence-corrected chi connectivity index (χ2v) is 5.65. The number of fused-ring (bicyclic) bond motifs is 1. The molecular weight excluding hydrogens is 224 g/mol. The van der Waals surface area contributed by atoms with E-state index < -0.39 is 5.54 Å². The van der Waals surface area contributed by atoms with Gasteiger partial charge in [-0.05, 0) is 55.2 Å². The van der Waals surface area contributed by atoms with Gasteiger partial charge >= 0.3 is 0 Å². The van der Waals surface area contributed by atoms with Crippen LogP contribution >= 0.6 is 0 Å². The molecule has 3 rings (SSSR count). The van der Waals surface area contributed by atoms with Crippen molar-refractivity contribution in [3.63, 3.8) is 0 Å². The Hall–Kier alpha value is -1.35. The molecule has 3 heteroatoms. The van der Waals surface area contributed by atoms with Crippen LogP contribution in [0.5, 0.6) is 0 Å². The summed E-state index contributed by atoms with van der Waals surface area (Å²) in [6.45, 7) is 0.602. The van der Waals surface area contributed by atoms with Crippen LogP contribution in [0.1, 0.15) is 42.4 Å². The van der Waals surface area contributed by atoms with Crippen LogP contribution in [0.2, 0.25) is 0 Å². The van der Waals surface area contributed by atoms with Gasteiger partial charge in [0.25, 0.3) is 0 Å². The molecular formula is C15H20N2O. The number of nitrogens with one attached hydrogen (secondary N) is 1. The standard InChI is InChI=1S/C15H20N2O/c16-15(7-8-15)14(18)17-10-11-5-6-12-3-1-2-4-13(12)9-11/h5-6,9H,1-4,7-8,10,16H2,(H,17,18). The van der Waals surface area contributed by atoms with Crippen molar-refractivity contribution < 1.29 is 4.79 Å². The number of rotatable bonds is 3. The number of carbonyl (C=O) groups excluding carboxylic acids is 1. The average molecular weight is 244 g/mol. The summed E-state index contributed by atoms with van der Waals surface area (Å²) in [5.41, 5.74) is 9.42. The van der Waals surface area contributed by atoms with E-state index in [0.717, 1.165) is 12.8 Å². The number of aryl methyl sites for hydroxylation is 2. The SMILES string of the molecule is NC1(C(=O)NCc2ccc3c(c2)CCCC3)CC1. The van der Waals surface area contributed by atoms with Crippen molar-refractivity contribution in [1.82, 2.24) is 5.32 Å². The highest BCUT2D eigenvalue weighted by molar-refractivity contribution is 5.88. The Bertz CT molecular complexity index is 477. The van der Waals surface area contributed by atoms with Gasteiger partial charge in [-0.25, -0.2) is 0 Å². The van der Waals surface area contributed by atoms with Gasteiger partial charge in [-0.1, -0.05) is 18.2 Å². The third-order valence-corrected chi connectivity index (χ3v) is 4.11. The second-order valence-electron chi connectivity index (χ2n) is 5.65. The predicted molar refractivity (Wildman–Crippen MR) is 71.1 cm³/mol. The molecule has 2 aliphatic rings. The van der Waals surface area contributed by atoms with Crippen LogP contribution in [-0.2, 0) is 24.2 Å². The Kier molecular flexibility index (Phi) is 2.86. The number of nitrogens with two attached hydrogens (primary N) is 1. The third kappa shape index (κ3) is 2.27. The van der Waals surface area contributed by atoms with Crippen molar-refractivity contribution in [1.29, 1.82) is 0 Å². The van der Waals surface area contributed by atoms with Gasteiger partial charge in [0.05, 0.1) is 5.54 Å². The molecule has 0 saturated heterocycles. The quantitative estimate of drug-likeness (QED) is 0.850. The van der Waals surface area contributed by atoms with Gasteiger partial charge in [-0.15, -0.1) is 0 Å². The molecule has 0 radical (unpaired) electrons. The highest BCUT2D eigenvalue weighted by Gasteiger charge is 2.45. The summed E-state index contributed by atoms with van der Waals surface area (Å²) in [5.74, 6) is 0.000204. The topological polar surface area (TPSA) is 55.1 Å². The number of benzene rings is 1. The van der Waals surface area contributed by atoms with Gasteiger partial charge in [-0.2, -0.15) is 0 Å². The summed E-state index contributed by atoms with van der Waals surface area (Å²) in [6.07, 6.45) is 6.62. The van der Waals surface area contributed by atoms with Crippen molar-refractivity contribution in [3.8, 4) is 0 Å². The van der Waals surface area contributed by atoms with Crippen molar-refractivity contribution >= 4 is 5.91 Å². The van der Waals surface area contributed by atoms with E-state index in [1.165, 1.54) is 42.4 Å². The molecule has 0 aliphatic heterocycles. The first-order valence-corrected chi connectivity index (χ1v) is 6.85. The van der Waals surface area contributed by atoms with Crippen molar-refractivity contribution in [2.45, 2.75) is 50.6 Å². The number of carbonyl (C=O) groups is 1. The maximum absolute atomic E-state index is 11.8.